The molecule has 0 aromatic carbocycles. The Bertz CT molecular complexity index is 791. The second-order valence-electron chi connectivity index (χ2n) is 12.1. The zero-order valence-corrected chi connectivity index (χ0v) is 21.5. The summed E-state index contributed by atoms with van der Waals surface area (Å²) in [4.78, 5) is 24.2. The molecule has 2 unspecified atom stereocenters. The highest BCUT2D eigenvalue weighted by molar-refractivity contribution is 5.67. The second kappa shape index (κ2) is 9.16. The van der Waals surface area contributed by atoms with E-state index in [9.17, 15) is 14.7 Å². The molecule has 4 aliphatic carbocycles. The molecule has 4 aliphatic rings. The van der Waals surface area contributed by atoms with Gasteiger partial charge in [-0.25, -0.2) is 9.59 Å². The molecule has 0 aromatic rings. The summed E-state index contributed by atoms with van der Waals surface area (Å²) < 4.78 is 16.2. The lowest BCUT2D eigenvalue weighted by Crippen LogP contribution is -2.67. The number of fused-ring (bicyclic) bond motifs is 5. The summed E-state index contributed by atoms with van der Waals surface area (Å²) in [5, 5.41) is 12.4. The highest BCUT2D eigenvalue weighted by Crippen LogP contribution is 2.67. The maximum atomic E-state index is 12.3. The number of carbonyl (C=O) groups excluding carboxylic acids is 2. The first-order chi connectivity index (χ1) is 15.9. The number of amides is 1. The minimum absolute atomic E-state index is 0.0826. The average molecular weight is 481 g/mol. The number of nitrogens with one attached hydrogen (secondary N) is 1. The van der Waals surface area contributed by atoms with Gasteiger partial charge in [0.05, 0.1) is 19.3 Å². The summed E-state index contributed by atoms with van der Waals surface area (Å²) >= 11 is 0. The van der Waals surface area contributed by atoms with Gasteiger partial charge in [-0.15, -0.1) is 0 Å². The van der Waals surface area contributed by atoms with Crippen molar-refractivity contribution in [3.63, 3.8) is 0 Å². The lowest BCUT2D eigenvalue weighted by Gasteiger charge is -2.64. The molecule has 4 saturated carbocycles. The average Bonchev–Trinajstić information content (AvgIpc) is 3.04. The highest BCUT2D eigenvalue weighted by Gasteiger charge is 2.67. The van der Waals surface area contributed by atoms with Crippen LogP contribution in [0.5, 0.6) is 0 Å². The number of hydrogen-bond donors (Lipinski definition) is 3. The molecule has 34 heavy (non-hydrogen) atoms. The van der Waals surface area contributed by atoms with E-state index in [-0.39, 0.29) is 34.6 Å². The number of rotatable bonds is 4. The van der Waals surface area contributed by atoms with Crippen molar-refractivity contribution in [2.24, 2.45) is 34.3 Å². The van der Waals surface area contributed by atoms with Gasteiger partial charge in [-0.2, -0.15) is 0 Å². The van der Waals surface area contributed by atoms with Gasteiger partial charge in [0.15, 0.2) is 0 Å². The second-order valence-corrected chi connectivity index (χ2v) is 12.1. The van der Waals surface area contributed by atoms with Gasteiger partial charge in [-0.1, -0.05) is 13.8 Å². The van der Waals surface area contributed by atoms with Crippen LogP contribution in [0.25, 0.3) is 0 Å². The molecule has 0 radical (unpaired) electrons. The lowest BCUT2D eigenvalue weighted by atomic mass is 9.43. The van der Waals surface area contributed by atoms with E-state index in [0.29, 0.717) is 17.8 Å². The van der Waals surface area contributed by atoms with Crippen LogP contribution in [0.15, 0.2) is 0 Å². The Morgan fingerprint density at radius 1 is 1.00 bits per heavy atom. The molecule has 4 N–H and O–H groups in total. The van der Waals surface area contributed by atoms with Crippen molar-refractivity contribution in [1.82, 2.24) is 5.32 Å². The van der Waals surface area contributed by atoms with Crippen LogP contribution in [-0.4, -0.2) is 54.4 Å². The SMILES string of the molecule is COC(=O)O[C@H]1CC[C@]2(N)[C@@H]3CC[C@@H]4C[C@@H](OC(=O)NC(C)C(C)O)CC[C@]4(C)[C@H]3CC[C@]12C. The van der Waals surface area contributed by atoms with Gasteiger partial charge < -0.3 is 30.4 Å². The summed E-state index contributed by atoms with van der Waals surface area (Å²) in [6.07, 6.45) is 6.69. The molecule has 0 aromatic heterocycles. The van der Waals surface area contributed by atoms with E-state index in [4.69, 9.17) is 19.9 Å². The van der Waals surface area contributed by atoms with E-state index in [1.807, 2.05) is 0 Å². The van der Waals surface area contributed by atoms with Crippen LogP contribution in [0.2, 0.25) is 0 Å². The van der Waals surface area contributed by atoms with Crippen LogP contribution in [0.4, 0.5) is 9.59 Å². The zero-order chi connectivity index (χ0) is 24.9. The monoisotopic (exact) mass is 480 g/mol. The molecular formula is C26H44N2O6. The Kier molecular flexibility index (Phi) is 6.88. The first-order valence-electron chi connectivity index (χ1n) is 13.1. The molecule has 4 fully saturated rings. The quantitative estimate of drug-likeness (QED) is 0.518. The van der Waals surface area contributed by atoms with Crippen molar-refractivity contribution in [3.8, 4) is 0 Å². The molecule has 0 aliphatic heterocycles. The van der Waals surface area contributed by atoms with Crippen LogP contribution in [0.3, 0.4) is 0 Å². The molecular weight excluding hydrogens is 436 g/mol. The molecule has 8 heteroatoms. The van der Waals surface area contributed by atoms with Crippen LogP contribution in [0, 0.1) is 28.6 Å². The van der Waals surface area contributed by atoms with Crippen LogP contribution >= 0.6 is 0 Å². The van der Waals surface area contributed by atoms with Gasteiger partial charge in [0.2, 0.25) is 0 Å². The number of carbonyl (C=O) groups is 2. The van der Waals surface area contributed by atoms with Crippen molar-refractivity contribution >= 4 is 12.2 Å². The normalized spacial score (nSPS) is 45.1. The van der Waals surface area contributed by atoms with Crippen LogP contribution < -0.4 is 11.1 Å². The fraction of sp³-hybridized carbons (Fsp3) is 0.923. The number of methoxy groups -OCH3 is 1. The van der Waals surface area contributed by atoms with Gasteiger partial charge in [0, 0.05) is 11.0 Å². The predicted molar refractivity (Wildman–Crippen MR) is 127 cm³/mol. The number of nitrogens with two attached hydrogens (primary N) is 1. The molecule has 0 heterocycles. The summed E-state index contributed by atoms with van der Waals surface area (Å²) in [6, 6.07) is -0.340. The van der Waals surface area contributed by atoms with E-state index < -0.39 is 18.4 Å². The summed E-state index contributed by atoms with van der Waals surface area (Å²) in [5.41, 5.74) is 6.88. The first kappa shape index (κ1) is 25.5. The van der Waals surface area contributed by atoms with Gasteiger partial charge in [-0.05, 0) is 94.8 Å². The fourth-order valence-electron chi connectivity index (χ4n) is 8.19. The van der Waals surface area contributed by atoms with Gasteiger partial charge >= 0.3 is 12.2 Å². The minimum atomic E-state index is -0.619. The highest BCUT2D eigenvalue weighted by atomic mass is 16.7. The number of ether oxygens (including phenoxy) is 3. The first-order valence-corrected chi connectivity index (χ1v) is 13.1. The van der Waals surface area contributed by atoms with Gasteiger partial charge in [0.1, 0.15) is 12.2 Å². The fourth-order valence-corrected chi connectivity index (χ4v) is 8.19. The molecule has 0 bridgehead atoms. The number of aliphatic hydroxyl groups is 1. The Labute approximate surface area is 203 Å². The minimum Gasteiger partial charge on any atom is -0.446 e. The van der Waals surface area contributed by atoms with Crippen molar-refractivity contribution in [1.29, 1.82) is 0 Å². The van der Waals surface area contributed by atoms with Crippen molar-refractivity contribution in [3.05, 3.63) is 0 Å². The van der Waals surface area contributed by atoms with E-state index >= 15 is 0 Å². The molecule has 0 spiro atoms. The molecule has 1 amide bonds. The van der Waals surface area contributed by atoms with Crippen molar-refractivity contribution in [2.75, 3.05) is 7.11 Å². The summed E-state index contributed by atoms with van der Waals surface area (Å²) in [6.45, 7) is 8.08. The van der Waals surface area contributed by atoms with Crippen molar-refractivity contribution in [2.45, 2.75) is 115 Å². The molecule has 4 rings (SSSR count). The molecule has 194 valence electrons. The van der Waals surface area contributed by atoms with Gasteiger partial charge in [0.25, 0.3) is 0 Å². The third-order valence-corrected chi connectivity index (χ3v) is 10.6. The Morgan fingerprint density at radius 3 is 2.41 bits per heavy atom. The van der Waals surface area contributed by atoms with E-state index in [0.717, 1.165) is 57.8 Å². The topological polar surface area (TPSA) is 120 Å². The predicted octanol–water partition coefficient (Wildman–Crippen LogP) is 4.13. The number of hydrogen-bond acceptors (Lipinski definition) is 7. The summed E-state index contributed by atoms with van der Waals surface area (Å²) in [5.74, 6) is 1.45. The van der Waals surface area contributed by atoms with Crippen LogP contribution in [-0.2, 0) is 14.2 Å². The van der Waals surface area contributed by atoms with Crippen LogP contribution in [0.1, 0.15) is 85.5 Å². The van der Waals surface area contributed by atoms with E-state index in [1.165, 1.54) is 7.11 Å². The standard InChI is InChI=1S/C26H44N2O6/c1-15(16(2)29)28-22(30)33-18-8-11-24(3)17(14-18)6-7-20-19(24)9-12-25(4)21(34-23(31)32-5)10-13-26(20,25)27/h15-21,29H,6-14,27H2,1-5H3,(H,28,30)/t15?,16?,17-,18+,19+,20-,21+,24+,25-,26+/m1/s1. The maximum absolute atomic E-state index is 12.3. The van der Waals surface area contributed by atoms with Gasteiger partial charge in [-0.3, -0.25) is 0 Å². The zero-order valence-electron chi connectivity index (χ0n) is 21.5. The molecule has 0 saturated heterocycles. The third-order valence-electron chi connectivity index (χ3n) is 10.6. The van der Waals surface area contributed by atoms with E-state index in [1.54, 1.807) is 13.8 Å². The van der Waals surface area contributed by atoms with Crippen molar-refractivity contribution < 1.29 is 28.9 Å². The third kappa shape index (κ3) is 4.08. The Balaban J connectivity index is 1.44. The van der Waals surface area contributed by atoms with E-state index in [2.05, 4.69) is 19.2 Å². The molecule has 8 nitrogen and oxygen atoms in total. The lowest BCUT2D eigenvalue weighted by molar-refractivity contribution is -0.145. The number of alkyl carbamates (subject to hydrolysis) is 1. The number of aliphatic hydroxyl groups excluding tert-OH is 1. The summed E-state index contributed by atoms with van der Waals surface area (Å²) in [7, 11) is 1.35. The Morgan fingerprint density at radius 2 is 1.74 bits per heavy atom. The largest absolute Gasteiger partial charge is 0.508 e. The molecule has 10 atom stereocenters. The maximum Gasteiger partial charge on any atom is 0.508 e. The smallest absolute Gasteiger partial charge is 0.446 e. The Hall–Kier alpha value is -1.54.